The molecule has 0 radical (unpaired) electrons. The number of fused-ring (bicyclic) bond motifs is 1. The molecule has 2 aromatic rings. The first-order valence-electron chi connectivity index (χ1n) is 3.62. The minimum absolute atomic E-state index is 0.296. The van der Waals surface area contributed by atoms with E-state index < -0.39 is 0 Å². The molecule has 0 fully saturated rings. The van der Waals surface area contributed by atoms with Crippen molar-refractivity contribution in [2.24, 2.45) is 0 Å². The zero-order valence-corrected chi connectivity index (χ0v) is 8.38. The third-order valence-electron chi connectivity index (χ3n) is 1.78. The highest BCUT2D eigenvalue weighted by atomic mass is 35.5. The standard InChI is InChI=1S/C9H6ClFOS/c1-12-8-4-13-9-6(8)2-5(10)3-7(9)11/h2-4H,1H3. The Labute approximate surface area is 83.7 Å². The monoisotopic (exact) mass is 216 g/mol. The normalized spacial score (nSPS) is 10.7. The van der Waals surface area contributed by atoms with Crippen molar-refractivity contribution in [2.45, 2.75) is 0 Å². The highest BCUT2D eigenvalue weighted by Crippen LogP contribution is 2.35. The van der Waals surface area contributed by atoms with Crippen molar-refractivity contribution >= 4 is 33.0 Å². The van der Waals surface area contributed by atoms with Crippen LogP contribution in [0.15, 0.2) is 17.5 Å². The minimum Gasteiger partial charge on any atom is -0.495 e. The number of benzene rings is 1. The van der Waals surface area contributed by atoms with Gasteiger partial charge in [-0.15, -0.1) is 11.3 Å². The van der Waals surface area contributed by atoms with Crippen LogP contribution in [0, 0.1) is 5.82 Å². The molecule has 2 rings (SSSR count). The summed E-state index contributed by atoms with van der Waals surface area (Å²) in [4.78, 5) is 0. The summed E-state index contributed by atoms with van der Waals surface area (Å²) in [6.07, 6.45) is 0. The second-order valence-corrected chi connectivity index (χ2v) is 3.88. The maximum absolute atomic E-state index is 13.3. The van der Waals surface area contributed by atoms with Crippen LogP contribution >= 0.6 is 22.9 Å². The first kappa shape index (κ1) is 8.78. The van der Waals surface area contributed by atoms with E-state index in [0.717, 1.165) is 5.39 Å². The molecule has 0 aliphatic heterocycles. The van der Waals surface area contributed by atoms with Gasteiger partial charge in [-0.25, -0.2) is 4.39 Å². The second-order valence-electron chi connectivity index (χ2n) is 2.57. The Bertz CT molecular complexity index is 452. The predicted octanol–water partition coefficient (Wildman–Crippen LogP) is 3.70. The Morgan fingerprint density at radius 1 is 1.46 bits per heavy atom. The van der Waals surface area contributed by atoms with Crippen LogP contribution in [0.4, 0.5) is 4.39 Å². The van der Waals surface area contributed by atoms with Crippen LogP contribution in [0.25, 0.3) is 10.1 Å². The molecule has 4 heteroatoms. The van der Waals surface area contributed by atoms with Gasteiger partial charge in [0.15, 0.2) is 0 Å². The molecular weight excluding hydrogens is 211 g/mol. The van der Waals surface area contributed by atoms with E-state index in [-0.39, 0.29) is 5.82 Å². The highest BCUT2D eigenvalue weighted by molar-refractivity contribution is 7.17. The molecule has 0 spiro atoms. The Kier molecular flexibility index (Phi) is 2.14. The fraction of sp³-hybridized carbons (Fsp3) is 0.111. The van der Waals surface area contributed by atoms with Gasteiger partial charge >= 0.3 is 0 Å². The summed E-state index contributed by atoms with van der Waals surface area (Å²) in [6.45, 7) is 0. The lowest BCUT2D eigenvalue weighted by Gasteiger charge is -1.97. The van der Waals surface area contributed by atoms with Gasteiger partial charge in [-0.05, 0) is 12.1 Å². The van der Waals surface area contributed by atoms with Crippen LogP contribution in [0.5, 0.6) is 5.75 Å². The molecule has 1 heterocycles. The number of thiophene rings is 1. The molecular formula is C9H6ClFOS. The van der Waals surface area contributed by atoms with Crippen LogP contribution in [0.3, 0.4) is 0 Å². The lowest BCUT2D eigenvalue weighted by molar-refractivity contribution is 0.421. The molecule has 68 valence electrons. The van der Waals surface area contributed by atoms with Gasteiger partial charge in [0, 0.05) is 15.8 Å². The van der Waals surface area contributed by atoms with Crippen molar-refractivity contribution in [1.29, 1.82) is 0 Å². The molecule has 1 aromatic carbocycles. The van der Waals surface area contributed by atoms with Crippen LogP contribution in [-0.4, -0.2) is 7.11 Å². The summed E-state index contributed by atoms with van der Waals surface area (Å²) >= 11 is 7.03. The van der Waals surface area contributed by atoms with Crippen molar-refractivity contribution in [2.75, 3.05) is 7.11 Å². The number of rotatable bonds is 1. The second kappa shape index (κ2) is 3.16. The Morgan fingerprint density at radius 3 is 2.92 bits per heavy atom. The number of halogens is 2. The van der Waals surface area contributed by atoms with Crippen molar-refractivity contribution in [3.63, 3.8) is 0 Å². The van der Waals surface area contributed by atoms with Crippen molar-refractivity contribution in [3.05, 3.63) is 28.4 Å². The zero-order chi connectivity index (χ0) is 9.42. The molecule has 0 aliphatic carbocycles. The van der Waals surface area contributed by atoms with E-state index in [1.165, 1.54) is 17.4 Å². The molecule has 0 saturated heterocycles. The molecule has 1 aromatic heterocycles. The first-order chi connectivity index (χ1) is 6.22. The summed E-state index contributed by atoms with van der Waals surface area (Å²) in [6, 6.07) is 3.01. The van der Waals surface area contributed by atoms with Gasteiger partial charge < -0.3 is 4.74 Å². The molecule has 1 nitrogen and oxygen atoms in total. The van der Waals surface area contributed by atoms with Crippen molar-refractivity contribution < 1.29 is 9.13 Å². The van der Waals surface area contributed by atoms with Gasteiger partial charge in [-0.1, -0.05) is 11.6 Å². The van der Waals surface area contributed by atoms with E-state index in [1.54, 1.807) is 18.6 Å². The average Bonchev–Trinajstić information content (AvgIpc) is 2.47. The van der Waals surface area contributed by atoms with Crippen LogP contribution in [0.2, 0.25) is 5.02 Å². The van der Waals surface area contributed by atoms with E-state index in [9.17, 15) is 4.39 Å². The largest absolute Gasteiger partial charge is 0.495 e. The maximum atomic E-state index is 13.3. The Balaban J connectivity index is 2.82. The first-order valence-corrected chi connectivity index (χ1v) is 4.88. The number of hydrogen-bond acceptors (Lipinski definition) is 2. The zero-order valence-electron chi connectivity index (χ0n) is 6.80. The van der Waals surface area contributed by atoms with Gasteiger partial charge in [-0.2, -0.15) is 0 Å². The molecule has 0 saturated carbocycles. The molecule has 0 amide bonds. The van der Waals surface area contributed by atoms with Crippen molar-refractivity contribution in [3.8, 4) is 5.75 Å². The summed E-state index contributed by atoms with van der Waals surface area (Å²) in [5.74, 6) is 0.372. The summed E-state index contributed by atoms with van der Waals surface area (Å²) in [7, 11) is 1.56. The fourth-order valence-corrected chi connectivity index (χ4v) is 2.31. The lowest BCUT2D eigenvalue weighted by atomic mass is 10.2. The summed E-state index contributed by atoms with van der Waals surface area (Å²) in [5, 5.41) is 2.89. The number of hydrogen-bond donors (Lipinski definition) is 0. The molecule has 0 atom stereocenters. The molecule has 0 unspecified atom stereocenters. The van der Waals surface area contributed by atoms with Gasteiger partial charge in [0.25, 0.3) is 0 Å². The highest BCUT2D eigenvalue weighted by Gasteiger charge is 2.09. The van der Waals surface area contributed by atoms with Gasteiger partial charge in [0.1, 0.15) is 11.6 Å². The Morgan fingerprint density at radius 2 is 2.23 bits per heavy atom. The topological polar surface area (TPSA) is 9.23 Å². The minimum atomic E-state index is -0.296. The quantitative estimate of drug-likeness (QED) is 0.706. The van der Waals surface area contributed by atoms with Crippen LogP contribution < -0.4 is 4.74 Å². The molecule has 0 aliphatic rings. The Hall–Kier alpha value is -0.800. The predicted molar refractivity (Wildman–Crippen MR) is 53.3 cm³/mol. The van der Waals surface area contributed by atoms with E-state index in [1.807, 2.05) is 0 Å². The fourth-order valence-electron chi connectivity index (χ4n) is 1.20. The molecule has 13 heavy (non-hydrogen) atoms. The van der Waals surface area contributed by atoms with E-state index >= 15 is 0 Å². The van der Waals surface area contributed by atoms with E-state index in [2.05, 4.69) is 0 Å². The lowest BCUT2D eigenvalue weighted by Crippen LogP contribution is -1.80. The molecule has 0 N–H and O–H groups in total. The van der Waals surface area contributed by atoms with Crippen LogP contribution in [-0.2, 0) is 0 Å². The SMILES string of the molecule is COc1csc2c(F)cc(Cl)cc12. The van der Waals surface area contributed by atoms with Gasteiger partial charge in [-0.3, -0.25) is 0 Å². The number of methoxy groups -OCH3 is 1. The van der Waals surface area contributed by atoms with E-state index in [4.69, 9.17) is 16.3 Å². The maximum Gasteiger partial charge on any atom is 0.142 e. The third-order valence-corrected chi connectivity index (χ3v) is 2.98. The van der Waals surface area contributed by atoms with E-state index in [0.29, 0.717) is 15.5 Å². The van der Waals surface area contributed by atoms with Gasteiger partial charge in [0.05, 0.1) is 11.8 Å². The van der Waals surface area contributed by atoms with Crippen LogP contribution in [0.1, 0.15) is 0 Å². The number of ether oxygens (including phenoxy) is 1. The average molecular weight is 217 g/mol. The molecule has 0 bridgehead atoms. The third kappa shape index (κ3) is 1.38. The van der Waals surface area contributed by atoms with Gasteiger partial charge in [0.2, 0.25) is 0 Å². The summed E-state index contributed by atoms with van der Waals surface area (Å²) < 4.78 is 18.9. The smallest absolute Gasteiger partial charge is 0.142 e. The summed E-state index contributed by atoms with van der Waals surface area (Å²) in [5.41, 5.74) is 0. The van der Waals surface area contributed by atoms with Crippen molar-refractivity contribution in [1.82, 2.24) is 0 Å².